The summed E-state index contributed by atoms with van der Waals surface area (Å²) in [4.78, 5) is 18.0. The molecule has 102 valence electrons. The molecule has 1 aromatic carbocycles. The molecule has 0 N–H and O–H groups in total. The van der Waals surface area contributed by atoms with Crippen molar-refractivity contribution < 1.29 is 9.21 Å². The fourth-order valence-corrected chi connectivity index (χ4v) is 2.61. The van der Waals surface area contributed by atoms with Crippen molar-refractivity contribution in [2.45, 2.75) is 25.8 Å². The van der Waals surface area contributed by atoms with Crippen LogP contribution < -0.4 is 0 Å². The van der Waals surface area contributed by atoms with Crippen molar-refractivity contribution in [1.82, 2.24) is 9.88 Å². The van der Waals surface area contributed by atoms with Crippen LogP contribution in [0.3, 0.4) is 0 Å². The van der Waals surface area contributed by atoms with Gasteiger partial charge in [0.1, 0.15) is 10.9 Å². The fourth-order valence-electron chi connectivity index (χ4n) is 2.61. The van der Waals surface area contributed by atoms with Crippen molar-refractivity contribution in [1.29, 1.82) is 5.26 Å². The van der Waals surface area contributed by atoms with Crippen LogP contribution in [0.25, 0.3) is 11.1 Å². The molecular weight excluding hydrogens is 254 g/mol. The van der Waals surface area contributed by atoms with Crippen LogP contribution in [0.1, 0.15) is 24.8 Å². The number of amides is 1. The molecule has 0 aliphatic heterocycles. The highest BCUT2D eigenvalue weighted by molar-refractivity contribution is 5.86. The van der Waals surface area contributed by atoms with Crippen molar-refractivity contribution in [3.63, 3.8) is 0 Å². The fraction of sp³-hybridized carbons (Fsp3) is 0.400. The van der Waals surface area contributed by atoms with Crippen LogP contribution in [0.4, 0.5) is 0 Å². The maximum absolute atomic E-state index is 12.4. The van der Waals surface area contributed by atoms with E-state index in [4.69, 9.17) is 4.42 Å². The monoisotopic (exact) mass is 269 g/mol. The Balaban J connectivity index is 1.76. The van der Waals surface area contributed by atoms with E-state index in [-0.39, 0.29) is 5.91 Å². The Morgan fingerprint density at radius 1 is 1.55 bits per heavy atom. The second-order valence-electron chi connectivity index (χ2n) is 5.36. The molecule has 1 amide bonds. The third kappa shape index (κ3) is 1.94. The minimum absolute atomic E-state index is 0.0797. The zero-order valence-electron chi connectivity index (χ0n) is 11.3. The van der Waals surface area contributed by atoms with E-state index < -0.39 is 5.41 Å². The second-order valence-corrected chi connectivity index (χ2v) is 5.36. The van der Waals surface area contributed by atoms with E-state index >= 15 is 0 Å². The zero-order valence-corrected chi connectivity index (χ0v) is 11.3. The molecule has 1 aliphatic carbocycles. The molecular formula is C15H15N3O2. The Bertz CT molecular complexity index is 694. The van der Waals surface area contributed by atoms with Gasteiger partial charge in [-0.25, -0.2) is 4.98 Å². The van der Waals surface area contributed by atoms with Crippen molar-refractivity contribution >= 4 is 17.0 Å². The molecule has 0 radical (unpaired) electrons. The highest BCUT2D eigenvalue weighted by Gasteiger charge is 2.46. The molecule has 1 saturated carbocycles. The predicted molar refractivity (Wildman–Crippen MR) is 72.4 cm³/mol. The van der Waals surface area contributed by atoms with E-state index in [1.165, 1.54) is 6.39 Å². The number of oxazole rings is 1. The van der Waals surface area contributed by atoms with E-state index in [9.17, 15) is 10.1 Å². The second kappa shape index (κ2) is 4.64. The minimum Gasteiger partial charge on any atom is -0.443 e. The molecule has 2 aromatic rings. The van der Waals surface area contributed by atoms with Crippen LogP contribution in [0, 0.1) is 16.7 Å². The average molecular weight is 269 g/mol. The Hall–Kier alpha value is -2.35. The van der Waals surface area contributed by atoms with E-state index in [0.29, 0.717) is 25.0 Å². The zero-order chi connectivity index (χ0) is 14.2. The van der Waals surface area contributed by atoms with Gasteiger partial charge >= 0.3 is 0 Å². The summed E-state index contributed by atoms with van der Waals surface area (Å²) in [7, 11) is 1.74. The predicted octanol–water partition coefficient (Wildman–Crippen LogP) is 2.48. The van der Waals surface area contributed by atoms with Gasteiger partial charge in [-0.15, -0.1) is 0 Å². The van der Waals surface area contributed by atoms with Crippen LogP contribution >= 0.6 is 0 Å². The smallest absolute Gasteiger partial charge is 0.243 e. The summed E-state index contributed by atoms with van der Waals surface area (Å²) in [5, 5.41) is 9.21. The lowest BCUT2D eigenvalue weighted by Crippen LogP contribution is -2.45. The molecule has 0 spiro atoms. The van der Waals surface area contributed by atoms with Gasteiger partial charge < -0.3 is 9.32 Å². The number of rotatable bonds is 3. The summed E-state index contributed by atoms with van der Waals surface area (Å²) in [6.07, 6.45) is 3.71. The third-order valence-electron chi connectivity index (χ3n) is 3.99. The number of nitrogens with zero attached hydrogens (tertiary/aromatic N) is 3. The first kappa shape index (κ1) is 12.7. The van der Waals surface area contributed by atoms with Crippen molar-refractivity contribution in [3.8, 4) is 6.07 Å². The summed E-state index contributed by atoms with van der Waals surface area (Å²) >= 11 is 0. The minimum atomic E-state index is -0.787. The summed E-state index contributed by atoms with van der Waals surface area (Å²) in [6, 6.07) is 7.86. The number of carbonyl (C=O) groups is 1. The van der Waals surface area contributed by atoms with E-state index in [1.54, 1.807) is 11.9 Å². The van der Waals surface area contributed by atoms with Gasteiger partial charge in [-0.2, -0.15) is 5.26 Å². The summed E-state index contributed by atoms with van der Waals surface area (Å²) in [6.45, 7) is 0.471. The molecule has 5 heteroatoms. The normalized spacial score (nSPS) is 16.4. The molecule has 1 fully saturated rings. The van der Waals surface area contributed by atoms with Gasteiger partial charge in [0.2, 0.25) is 5.91 Å². The van der Waals surface area contributed by atoms with E-state index in [0.717, 1.165) is 17.5 Å². The van der Waals surface area contributed by atoms with Gasteiger partial charge in [-0.05, 0) is 37.0 Å². The topological polar surface area (TPSA) is 70.1 Å². The quantitative estimate of drug-likeness (QED) is 0.858. The molecule has 1 aromatic heterocycles. The maximum atomic E-state index is 12.4. The van der Waals surface area contributed by atoms with Gasteiger partial charge in [-0.1, -0.05) is 6.07 Å². The van der Waals surface area contributed by atoms with Crippen LogP contribution in [0.2, 0.25) is 0 Å². The number of nitriles is 1. The first-order valence-corrected chi connectivity index (χ1v) is 6.64. The van der Waals surface area contributed by atoms with Gasteiger partial charge in [-0.3, -0.25) is 4.79 Å². The summed E-state index contributed by atoms with van der Waals surface area (Å²) in [5.41, 5.74) is 1.69. The van der Waals surface area contributed by atoms with Crippen LogP contribution in [0.15, 0.2) is 29.0 Å². The van der Waals surface area contributed by atoms with Gasteiger partial charge in [0.25, 0.3) is 0 Å². The van der Waals surface area contributed by atoms with Crippen LogP contribution in [0.5, 0.6) is 0 Å². The lowest BCUT2D eigenvalue weighted by molar-refractivity contribution is -0.142. The lowest BCUT2D eigenvalue weighted by atomic mass is 9.69. The average Bonchev–Trinajstić information content (AvgIpc) is 2.85. The molecule has 1 aliphatic rings. The molecule has 1 heterocycles. The number of aromatic nitrogens is 1. The number of benzene rings is 1. The first-order chi connectivity index (χ1) is 9.64. The van der Waals surface area contributed by atoms with Crippen molar-refractivity contribution in [3.05, 3.63) is 30.2 Å². The number of hydrogen-bond acceptors (Lipinski definition) is 4. The summed E-state index contributed by atoms with van der Waals surface area (Å²) < 4.78 is 5.25. The van der Waals surface area contributed by atoms with Gasteiger partial charge in [0, 0.05) is 13.6 Å². The molecule has 3 rings (SSSR count). The Kier molecular flexibility index (Phi) is 2.94. The molecule has 5 nitrogen and oxygen atoms in total. The summed E-state index contributed by atoms with van der Waals surface area (Å²) in [5.74, 6) is -0.0797. The molecule has 0 unspecified atom stereocenters. The molecule has 0 bridgehead atoms. The standard InChI is InChI=1S/C15H15N3O2/c1-18(14(19)15(9-16)5-2-6-15)8-11-3-4-12-13(7-11)20-10-17-12/h3-4,7,10H,2,5-6,8H2,1H3. The highest BCUT2D eigenvalue weighted by atomic mass is 16.3. The lowest BCUT2D eigenvalue weighted by Gasteiger charge is -2.36. The Morgan fingerprint density at radius 2 is 2.35 bits per heavy atom. The SMILES string of the molecule is CN(Cc1ccc2ncoc2c1)C(=O)C1(C#N)CCC1. The molecule has 20 heavy (non-hydrogen) atoms. The van der Waals surface area contributed by atoms with Crippen molar-refractivity contribution in [2.75, 3.05) is 7.05 Å². The van der Waals surface area contributed by atoms with Crippen LogP contribution in [-0.2, 0) is 11.3 Å². The largest absolute Gasteiger partial charge is 0.443 e. The van der Waals surface area contributed by atoms with Gasteiger partial charge in [0.15, 0.2) is 12.0 Å². The van der Waals surface area contributed by atoms with Crippen LogP contribution in [-0.4, -0.2) is 22.8 Å². The molecule has 0 atom stereocenters. The molecule has 0 saturated heterocycles. The Morgan fingerprint density at radius 3 is 3.00 bits per heavy atom. The number of hydrogen-bond donors (Lipinski definition) is 0. The van der Waals surface area contributed by atoms with E-state index in [2.05, 4.69) is 11.1 Å². The maximum Gasteiger partial charge on any atom is 0.243 e. The number of carbonyl (C=O) groups excluding carboxylic acids is 1. The number of fused-ring (bicyclic) bond motifs is 1. The van der Waals surface area contributed by atoms with E-state index in [1.807, 2.05) is 18.2 Å². The van der Waals surface area contributed by atoms with Crippen molar-refractivity contribution in [2.24, 2.45) is 5.41 Å². The third-order valence-corrected chi connectivity index (χ3v) is 3.99. The Labute approximate surface area is 116 Å². The highest BCUT2D eigenvalue weighted by Crippen LogP contribution is 2.41. The van der Waals surface area contributed by atoms with Gasteiger partial charge in [0.05, 0.1) is 6.07 Å². The first-order valence-electron chi connectivity index (χ1n) is 6.64.